The maximum Gasteiger partial charge on any atom is 0.420 e. The number of nitrogens with zero attached hydrogens (tertiary/aromatic N) is 1. The zero-order chi connectivity index (χ0) is 18.0. The lowest BCUT2D eigenvalue weighted by Gasteiger charge is -2.12. The number of rotatable bonds is 5. The minimum absolute atomic E-state index is 0.339. The molecule has 0 spiro atoms. The minimum Gasteiger partial charge on any atom is -0.453 e. The number of halogens is 1. The second kappa shape index (κ2) is 6.94. The fraction of sp³-hybridized carbons (Fsp3) is 0.167. The van der Waals surface area contributed by atoms with Crippen LogP contribution < -0.4 is 5.76 Å². The number of fused-ring (bicyclic) bond motifs is 1. The fourth-order valence-electron chi connectivity index (χ4n) is 2.43. The van der Waals surface area contributed by atoms with Crippen molar-refractivity contribution in [3.8, 4) is 0 Å². The summed E-state index contributed by atoms with van der Waals surface area (Å²) in [6, 6.07) is 13.0. The lowest BCUT2D eigenvalue weighted by Crippen LogP contribution is -2.28. The molecule has 128 valence electrons. The predicted molar refractivity (Wildman–Crippen MR) is 91.8 cm³/mol. The quantitative estimate of drug-likeness (QED) is 0.516. The number of ether oxygens (including phenoxy) is 1. The molecule has 1 aromatic heterocycles. The van der Waals surface area contributed by atoms with Crippen LogP contribution in [0.2, 0.25) is 5.02 Å². The maximum absolute atomic E-state index is 12.3. The summed E-state index contributed by atoms with van der Waals surface area (Å²) in [6.07, 6.45) is -0.984. The summed E-state index contributed by atoms with van der Waals surface area (Å²) in [5.41, 5.74) is 1.25. The van der Waals surface area contributed by atoms with Crippen LogP contribution in [0.3, 0.4) is 0 Å². The molecule has 0 amide bonds. The lowest BCUT2D eigenvalue weighted by molar-refractivity contribution is -0.147. The Morgan fingerprint density at radius 2 is 1.84 bits per heavy atom. The Morgan fingerprint density at radius 1 is 1.16 bits per heavy atom. The molecule has 0 saturated heterocycles. The predicted octanol–water partition coefficient (Wildman–Crippen LogP) is 3.06. The Bertz CT molecular complexity index is 987. The van der Waals surface area contributed by atoms with Crippen LogP contribution in [-0.4, -0.2) is 22.4 Å². The van der Waals surface area contributed by atoms with Gasteiger partial charge in [-0.2, -0.15) is 0 Å². The molecular formula is C18H14ClNO5. The summed E-state index contributed by atoms with van der Waals surface area (Å²) in [6.45, 7) is 1.14. The number of esters is 1. The summed E-state index contributed by atoms with van der Waals surface area (Å²) in [5, 5.41) is 0.507. The van der Waals surface area contributed by atoms with E-state index in [2.05, 4.69) is 0 Å². The largest absolute Gasteiger partial charge is 0.453 e. The monoisotopic (exact) mass is 359 g/mol. The van der Waals surface area contributed by atoms with Gasteiger partial charge in [0.05, 0.1) is 5.52 Å². The van der Waals surface area contributed by atoms with E-state index in [0.717, 1.165) is 4.57 Å². The highest BCUT2D eigenvalue weighted by Crippen LogP contribution is 2.14. The molecular weight excluding hydrogens is 346 g/mol. The van der Waals surface area contributed by atoms with Crippen molar-refractivity contribution in [2.24, 2.45) is 0 Å². The molecule has 0 aliphatic heterocycles. The molecule has 1 heterocycles. The van der Waals surface area contributed by atoms with Crippen LogP contribution in [0.25, 0.3) is 11.1 Å². The Balaban J connectivity index is 1.71. The van der Waals surface area contributed by atoms with Crippen molar-refractivity contribution in [3.63, 3.8) is 0 Å². The van der Waals surface area contributed by atoms with Crippen molar-refractivity contribution >= 4 is 34.5 Å². The number of aromatic nitrogens is 1. The zero-order valence-electron chi connectivity index (χ0n) is 13.3. The van der Waals surface area contributed by atoms with Crippen molar-refractivity contribution in [2.45, 2.75) is 19.6 Å². The van der Waals surface area contributed by atoms with E-state index >= 15 is 0 Å². The molecule has 7 heteroatoms. The van der Waals surface area contributed by atoms with Crippen molar-refractivity contribution < 1.29 is 18.7 Å². The van der Waals surface area contributed by atoms with Crippen molar-refractivity contribution in [2.75, 3.05) is 0 Å². The van der Waals surface area contributed by atoms with Crippen LogP contribution in [-0.2, 0) is 16.1 Å². The van der Waals surface area contributed by atoms with E-state index < -0.39 is 17.8 Å². The van der Waals surface area contributed by atoms with Gasteiger partial charge in [-0.25, -0.2) is 4.79 Å². The molecule has 0 saturated carbocycles. The first-order valence-corrected chi connectivity index (χ1v) is 7.91. The molecule has 6 nitrogen and oxygen atoms in total. The second-order valence-corrected chi connectivity index (χ2v) is 5.86. The van der Waals surface area contributed by atoms with Crippen LogP contribution in [0, 0.1) is 0 Å². The highest BCUT2D eigenvalue weighted by molar-refractivity contribution is 6.30. The normalized spacial score (nSPS) is 12.1. The molecule has 2 aromatic carbocycles. The molecule has 0 N–H and O–H groups in total. The van der Waals surface area contributed by atoms with E-state index in [1.807, 2.05) is 0 Å². The number of para-hydroxylation sites is 2. The highest BCUT2D eigenvalue weighted by Gasteiger charge is 2.21. The molecule has 0 radical (unpaired) electrons. The van der Waals surface area contributed by atoms with Crippen molar-refractivity contribution in [3.05, 3.63) is 69.7 Å². The molecule has 0 aliphatic rings. The van der Waals surface area contributed by atoms with E-state index in [4.69, 9.17) is 20.8 Å². The summed E-state index contributed by atoms with van der Waals surface area (Å²) < 4.78 is 11.4. The summed E-state index contributed by atoms with van der Waals surface area (Å²) in [7, 11) is 0. The van der Waals surface area contributed by atoms with Gasteiger partial charge in [0, 0.05) is 10.6 Å². The fourth-order valence-corrected chi connectivity index (χ4v) is 2.56. The van der Waals surface area contributed by atoms with E-state index in [-0.39, 0.29) is 12.3 Å². The van der Waals surface area contributed by atoms with Gasteiger partial charge >= 0.3 is 11.7 Å². The number of ketones is 1. The van der Waals surface area contributed by atoms with Gasteiger partial charge in [-0.15, -0.1) is 0 Å². The smallest absolute Gasteiger partial charge is 0.420 e. The molecule has 0 fully saturated rings. The van der Waals surface area contributed by atoms with Crippen LogP contribution >= 0.6 is 11.6 Å². The van der Waals surface area contributed by atoms with E-state index in [1.54, 1.807) is 48.5 Å². The number of oxazole rings is 1. The van der Waals surface area contributed by atoms with Gasteiger partial charge in [-0.1, -0.05) is 23.7 Å². The van der Waals surface area contributed by atoms with E-state index in [1.165, 1.54) is 6.92 Å². The Morgan fingerprint density at radius 3 is 2.56 bits per heavy atom. The average Bonchev–Trinajstić information content (AvgIpc) is 2.90. The maximum atomic E-state index is 12.3. The van der Waals surface area contributed by atoms with Crippen LogP contribution in [0.15, 0.2) is 57.7 Å². The number of Topliss-reactive ketones (excluding diaryl/α,β-unsaturated/α-hetero) is 1. The van der Waals surface area contributed by atoms with Crippen LogP contribution in [0.5, 0.6) is 0 Å². The van der Waals surface area contributed by atoms with Gasteiger partial charge in [0.2, 0.25) is 5.78 Å². The number of hydrogen-bond acceptors (Lipinski definition) is 5. The lowest BCUT2D eigenvalue weighted by atomic mass is 10.1. The number of hydrogen-bond donors (Lipinski definition) is 0. The Kier molecular flexibility index (Phi) is 4.72. The Hall–Kier alpha value is -2.86. The molecule has 25 heavy (non-hydrogen) atoms. The van der Waals surface area contributed by atoms with Gasteiger partial charge in [0.15, 0.2) is 11.7 Å². The SMILES string of the molecule is C[C@H](OC(=O)Cn1c(=O)oc2ccccc21)C(=O)c1ccc(Cl)cc1. The first kappa shape index (κ1) is 17.0. The van der Waals surface area contributed by atoms with Gasteiger partial charge in [0.1, 0.15) is 6.54 Å². The topological polar surface area (TPSA) is 78.5 Å². The summed E-state index contributed by atoms with van der Waals surface area (Å²) in [5.74, 6) is -1.72. The average molecular weight is 360 g/mol. The first-order chi connectivity index (χ1) is 12.0. The number of carbonyl (C=O) groups excluding carboxylic acids is 2. The molecule has 0 unspecified atom stereocenters. The van der Waals surface area contributed by atoms with E-state index in [9.17, 15) is 14.4 Å². The van der Waals surface area contributed by atoms with Crippen molar-refractivity contribution in [1.82, 2.24) is 4.57 Å². The minimum atomic E-state index is -0.984. The highest BCUT2D eigenvalue weighted by atomic mass is 35.5. The molecule has 3 aromatic rings. The van der Waals surface area contributed by atoms with Gasteiger partial charge < -0.3 is 9.15 Å². The third-order valence-corrected chi connectivity index (χ3v) is 3.92. The standard InChI is InChI=1S/C18H14ClNO5/c1-11(17(22)12-6-8-13(19)9-7-12)24-16(21)10-20-14-4-2-3-5-15(14)25-18(20)23/h2-9,11H,10H2,1H3/t11-/m0/s1. The Labute approximate surface area is 147 Å². The number of benzene rings is 2. The number of carbonyl (C=O) groups is 2. The third kappa shape index (κ3) is 3.64. The second-order valence-electron chi connectivity index (χ2n) is 5.43. The summed E-state index contributed by atoms with van der Waals surface area (Å²) >= 11 is 5.78. The molecule has 1 atom stereocenters. The van der Waals surface area contributed by atoms with Crippen LogP contribution in [0.4, 0.5) is 0 Å². The zero-order valence-corrected chi connectivity index (χ0v) is 14.0. The molecule has 0 bridgehead atoms. The molecule has 0 aliphatic carbocycles. The van der Waals surface area contributed by atoms with E-state index in [0.29, 0.717) is 21.7 Å². The third-order valence-electron chi connectivity index (χ3n) is 3.67. The molecule has 3 rings (SSSR count). The van der Waals surface area contributed by atoms with Crippen LogP contribution in [0.1, 0.15) is 17.3 Å². The van der Waals surface area contributed by atoms with Crippen molar-refractivity contribution in [1.29, 1.82) is 0 Å². The van der Waals surface area contributed by atoms with Gasteiger partial charge in [-0.05, 0) is 43.3 Å². The van der Waals surface area contributed by atoms with Gasteiger partial charge in [0.25, 0.3) is 0 Å². The summed E-state index contributed by atoms with van der Waals surface area (Å²) in [4.78, 5) is 36.2. The van der Waals surface area contributed by atoms with Gasteiger partial charge in [-0.3, -0.25) is 14.2 Å². The first-order valence-electron chi connectivity index (χ1n) is 7.53.